The van der Waals surface area contributed by atoms with E-state index in [-0.39, 0.29) is 29.9 Å². The Morgan fingerprint density at radius 1 is 1.14 bits per heavy atom. The molecule has 152 valence electrons. The van der Waals surface area contributed by atoms with Gasteiger partial charge in [0.25, 0.3) is 5.91 Å². The van der Waals surface area contributed by atoms with Gasteiger partial charge in [0.2, 0.25) is 0 Å². The van der Waals surface area contributed by atoms with Crippen molar-refractivity contribution in [2.75, 3.05) is 34.3 Å². The Labute approximate surface area is 191 Å². The number of benzene rings is 2. The summed E-state index contributed by atoms with van der Waals surface area (Å²) in [6.07, 6.45) is 0. The molecular weight excluding hydrogens is 535 g/mol. The molecule has 0 bridgehead atoms. The molecule has 0 heterocycles. The third-order valence-corrected chi connectivity index (χ3v) is 4.24. The van der Waals surface area contributed by atoms with Gasteiger partial charge in [-0.15, -0.1) is 24.0 Å². The van der Waals surface area contributed by atoms with Crippen molar-refractivity contribution in [1.29, 1.82) is 0 Å². The van der Waals surface area contributed by atoms with Crippen molar-refractivity contribution in [3.05, 3.63) is 64.1 Å². The van der Waals surface area contributed by atoms with Gasteiger partial charge in [0, 0.05) is 37.7 Å². The van der Waals surface area contributed by atoms with Crippen LogP contribution in [0.4, 0.5) is 0 Å². The fraction of sp³-hybridized carbons (Fsp3) is 0.300. The molecule has 0 saturated heterocycles. The Morgan fingerprint density at radius 2 is 1.86 bits per heavy atom. The number of carbonyl (C=O) groups excluding carboxylic acids is 1. The Hall–Kier alpha value is -1.81. The molecule has 8 heteroatoms. The molecule has 6 nitrogen and oxygen atoms in total. The number of halogens is 2. The van der Waals surface area contributed by atoms with Gasteiger partial charge in [-0.1, -0.05) is 34.1 Å². The van der Waals surface area contributed by atoms with Gasteiger partial charge in [0.15, 0.2) is 5.96 Å². The maximum absolute atomic E-state index is 11.9. The number of hydrogen-bond donors (Lipinski definition) is 2. The Bertz CT molecular complexity index is 782. The van der Waals surface area contributed by atoms with Crippen molar-refractivity contribution < 1.29 is 9.53 Å². The highest BCUT2D eigenvalue weighted by Crippen LogP contribution is 2.17. The minimum atomic E-state index is -0.00238. The molecule has 0 aliphatic carbocycles. The first-order chi connectivity index (χ1) is 13.0. The molecule has 28 heavy (non-hydrogen) atoms. The van der Waals surface area contributed by atoms with Gasteiger partial charge in [-0.3, -0.25) is 9.79 Å². The maximum atomic E-state index is 11.9. The number of amides is 1. The lowest BCUT2D eigenvalue weighted by Crippen LogP contribution is -2.38. The van der Waals surface area contributed by atoms with E-state index in [4.69, 9.17) is 4.74 Å². The van der Waals surface area contributed by atoms with E-state index in [0.717, 1.165) is 15.8 Å². The maximum Gasteiger partial charge on any atom is 0.253 e. The molecule has 1 amide bonds. The first-order valence-electron chi connectivity index (χ1n) is 8.63. The van der Waals surface area contributed by atoms with Crippen LogP contribution in [0.5, 0.6) is 5.75 Å². The van der Waals surface area contributed by atoms with E-state index in [1.807, 2.05) is 48.5 Å². The monoisotopic (exact) mass is 560 g/mol. The third kappa shape index (κ3) is 8.05. The predicted octanol–water partition coefficient (Wildman–Crippen LogP) is 3.51. The zero-order valence-corrected chi connectivity index (χ0v) is 20.2. The van der Waals surface area contributed by atoms with Crippen LogP contribution in [0.25, 0.3) is 0 Å². The average Bonchev–Trinajstić information content (AvgIpc) is 2.67. The zero-order valence-electron chi connectivity index (χ0n) is 16.2. The second-order valence-electron chi connectivity index (χ2n) is 6.05. The first-order valence-corrected chi connectivity index (χ1v) is 9.42. The Balaban J connectivity index is 0.00000392. The van der Waals surface area contributed by atoms with Crippen LogP contribution in [-0.4, -0.2) is 51.1 Å². The number of nitrogens with one attached hydrogen (secondary N) is 2. The fourth-order valence-corrected chi connectivity index (χ4v) is 2.70. The molecule has 0 aliphatic heterocycles. The van der Waals surface area contributed by atoms with Gasteiger partial charge in [-0.05, 0) is 35.9 Å². The van der Waals surface area contributed by atoms with Crippen LogP contribution >= 0.6 is 39.9 Å². The summed E-state index contributed by atoms with van der Waals surface area (Å²) in [6.45, 7) is 1.77. The van der Waals surface area contributed by atoms with Gasteiger partial charge >= 0.3 is 0 Å². The van der Waals surface area contributed by atoms with E-state index in [1.54, 1.807) is 26.0 Å². The quantitative estimate of drug-likeness (QED) is 0.235. The van der Waals surface area contributed by atoms with E-state index in [2.05, 4.69) is 31.6 Å². The van der Waals surface area contributed by atoms with Gasteiger partial charge in [0.05, 0.1) is 6.54 Å². The fourth-order valence-electron chi connectivity index (χ4n) is 2.32. The summed E-state index contributed by atoms with van der Waals surface area (Å²) in [5, 5.41) is 6.46. The number of hydrogen-bond acceptors (Lipinski definition) is 3. The van der Waals surface area contributed by atoms with Crippen molar-refractivity contribution in [1.82, 2.24) is 15.5 Å². The van der Waals surface area contributed by atoms with Crippen LogP contribution in [0.2, 0.25) is 0 Å². The molecule has 0 fully saturated rings. The summed E-state index contributed by atoms with van der Waals surface area (Å²) < 4.78 is 6.68. The van der Waals surface area contributed by atoms with Crippen LogP contribution in [0.3, 0.4) is 0 Å². The molecule has 2 rings (SSSR count). The predicted molar refractivity (Wildman–Crippen MR) is 128 cm³/mol. The minimum absolute atomic E-state index is 0. The van der Waals surface area contributed by atoms with Crippen molar-refractivity contribution >= 4 is 51.8 Å². The van der Waals surface area contributed by atoms with E-state index in [0.29, 0.717) is 31.2 Å². The van der Waals surface area contributed by atoms with E-state index >= 15 is 0 Å². The Morgan fingerprint density at radius 3 is 2.46 bits per heavy atom. The average molecular weight is 561 g/mol. The van der Waals surface area contributed by atoms with E-state index in [9.17, 15) is 4.79 Å². The number of ether oxygens (including phenoxy) is 1. The lowest BCUT2D eigenvalue weighted by atomic mass is 10.1. The van der Waals surface area contributed by atoms with E-state index < -0.39 is 0 Å². The highest BCUT2D eigenvalue weighted by atomic mass is 127. The molecule has 0 radical (unpaired) electrons. The van der Waals surface area contributed by atoms with Gasteiger partial charge in [-0.2, -0.15) is 0 Å². The summed E-state index contributed by atoms with van der Waals surface area (Å²) in [5.74, 6) is 1.51. The number of aliphatic imine (C=N–C) groups is 1. The lowest BCUT2D eigenvalue weighted by molar-refractivity contribution is 0.0827. The normalized spacial score (nSPS) is 10.6. The largest absolute Gasteiger partial charge is 0.492 e. The highest BCUT2D eigenvalue weighted by molar-refractivity contribution is 14.0. The van der Waals surface area contributed by atoms with Crippen LogP contribution in [0, 0.1) is 0 Å². The van der Waals surface area contributed by atoms with Crippen molar-refractivity contribution in [2.45, 2.75) is 6.54 Å². The smallest absolute Gasteiger partial charge is 0.253 e. The number of nitrogens with zero attached hydrogens (tertiary/aromatic N) is 2. The van der Waals surface area contributed by atoms with Gasteiger partial charge in [0.1, 0.15) is 12.4 Å². The second-order valence-corrected chi connectivity index (χ2v) is 6.97. The molecule has 0 saturated carbocycles. The Kier molecular flexibility index (Phi) is 10.9. The highest BCUT2D eigenvalue weighted by Gasteiger charge is 2.07. The summed E-state index contributed by atoms with van der Waals surface area (Å²) in [4.78, 5) is 17.7. The third-order valence-electron chi connectivity index (χ3n) is 3.75. The number of guanidine groups is 1. The molecule has 2 aromatic rings. The van der Waals surface area contributed by atoms with Crippen LogP contribution in [0.1, 0.15) is 15.9 Å². The lowest BCUT2D eigenvalue weighted by Gasteiger charge is -2.13. The molecule has 0 aliphatic rings. The molecule has 2 aromatic carbocycles. The second kappa shape index (κ2) is 12.6. The molecule has 0 spiro atoms. The summed E-state index contributed by atoms with van der Waals surface area (Å²) in [7, 11) is 5.21. The molecular formula is C20H26BrIN4O2. The topological polar surface area (TPSA) is 66.0 Å². The number of carbonyl (C=O) groups is 1. The van der Waals surface area contributed by atoms with Crippen molar-refractivity contribution in [3.8, 4) is 5.75 Å². The molecule has 2 N–H and O–H groups in total. The summed E-state index contributed by atoms with van der Waals surface area (Å²) in [5.41, 5.74) is 1.74. The van der Waals surface area contributed by atoms with Crippen molar-refractivity contribution in [3.63, 3.8) is 0 Å². The first kappa shape index (κ1) is 24.2. The van der Waals surface area contributed by atoms with Crippen LogP contribution < -0.4 is 15.4 Å². The molecule has 0 atom stereocenters. The summed E-state index contributed by atoms with van der Waals surface area (Å²) >= 11 is 3.42. The standard InChI is InChI=1S/C20H25BrN4O2.HI/c1-22-20(23-11-12-27-18-6-4-5-17(21)13-18)24-14-15-7-9-16(10-8-15)19(26)25(2)3;/h4-10,13H,11-12,14H2,1-3H3,(H2,22,23,24);1H. The van der Waals surface area contributed by atoms with Gasteiger partial charge < -0.3 is 20.3 Å². The molecule has 0 unspecified atom stereocenters. The molecule has 0 aromatic heterocycles. The minimum Gasteiger partial charge on any atom is -0.492 e. The number of rotatable bonds is 7. The van der Waals surface area contributed by atoms with Crippen molar-refractivity contribution in [2.24, 2.45) is 4.99 Å². The SMILES string of the molecule is CN=C(NCCOc1cccc(Br)c1)NCc1ccc(C(=O)N(C)C)cc1.I. The van der Waals surface area contributed by atoms with Crippen LogP contribution in [0.15, 0.2) is 58.0 Å². The summed E-state index contributed by atoms with van der Waals surface area (Å²) in [6, 6.07) is 15.3. The van der Waals surface area contributed by atoms with E-state index in [1.165, 1.54) is 0 Å². The zero-order chi connectivity index (χ0) is 19.6. The van der Waals surface area contributed by atoms with Crippen LogP contribution in [-0.2, 0) is 6.54 Å². The van der Waals surface area contributed by atoms with Gasteiger partial charge in [-0.25, -0.2) is 0 Å².